The summed E-state index contributed by atoms with van der Waals surface area (Å²) in [4.78, 5) is 24.8. The van der Waals surface area contributed by atoms with Gasteiger partial charge in [-0.2, -0.15) is 0 Å². The van der Waals surface area contributed by atoms with Crippen LogP contribution in [0.3, 0.4) is 0 Å². The highest BCUT2D eigenvalue weighted by Gasteiger charge is 2.31. The number of fused-ring (bicyclic) bond motifs is 2. The molecule has 0 radical (unpaired) electrons. The summed E-state index contributed by atoms with van der Waals surface area (Å²) in [5.74, 6) is 1.51. The summed E-state index contributed by atoms with van der Waals surface area (Å²) in [5.41, 5.74) is 2.21. The molecule has 6 nitrogen and oxygen atoms in total. The van der Waals surface area contributed by atoms with Crippen molar-refractivity contribution in [3.8, 4) is 23.0 Å². The van der Waals surface area contributed by atoms with E-state index in [0.717, 1.165) is 5.57 Å². The molecule has 0 atom stereocenters. The van der Waals surface area contributed by atoms with E-state index in [1.165, 1.54) is 0 Å². The first kappa shape index (κ1) is 16.2. The zero-order valence-electron chi connectivity index (χ0n) is 14.5. The Kier molecular flexibility index (Phi) is 3.68. The molecule has 0 bridgehead atoms. The largest absolute Gasteiger partial charge is 0.454 e. The summed E-state index contributed by atoms with van der Waals surface area (Å²) in [7, 11) is 0. The second kappa shape index (κ2) is 5.91. The quantitative estimate of drug-likeness (QED) is 0.465. The average molecular weight is 352 g/mol. The Labute approximate surface area is 149 Å². The van der Waals surface area contributed by atoms with Gasteiger partial charge in [0.2, 0.25) is 12.6 Å². The minimum absolute atomic E-state index is 0.135. The van der Waals surface area contributed by atoms with Crippen LogP contribution in [0.15, 0.2) is 41.7 Å². The molecule has 0 fully saturated rings. The van der Waals surface area contributed by atoms with Crippen LogP contribution in [0.5, 0.6) is 23.0 Å². The summed E-state index contributed by atoms with van der Waals surface area (Å²) < 4.78 is 21.7. The monoisotopic (exact) mass is 352 g/mol. The van der Waals surface area contributed by atoms with Crippen molar-refractivity contribution in [1.29, 1.82) is 0 Å². The number of esters is 1. The van der Waals surface area contributed by atoms with Crippen LogP contribution < -0.4 is 18.9 Å². The molecule has 2 aliphatic heterocycles. The third kappa shape index (κ3) is 2.50. The number of ether oxygens (including phenoxy) is 4. The summed E-state index contributed by atoms with van der Waals surface area (Å²) in [6, 6.07) is 8.07. The highest BCUT2D eigenvalue weighted by molar-refractivity contribution is 6.13. The molecule has 0 aromatic heterocycles. The van der Waals surface area contributed by atoms with Gasteiger partial charge < -0.3 is 18.9 Å². The topological polar surface area (TPSA) is 71.1 Å². The SMILES string of the molecule is CC(C)=C1Oc2c(ccc(OC(=O)c3ccc4c(c3)OCO4)c2C)C1=O. The van der Waals surface area contributed by atoms with Gasteiger partial charge in [0.1, 0.15) is 11.5 Å². The molecule has 2 aliphatic rings. The Morgan fingerprint density at radius 2 is 1.85 bits per heavy atom. The zero-order chi connectivity index (χ0) is 18.4. The van der Waals surface area contributed by atoms with Crippen LogP contribution in [0.2, 0.25) is 0 Å². The number of ketones is 1. The van der Waals surface area contributed by atoms with Crippen LogP contribution in [-0.4, -0.2) is 18.5 Å². The summed E-state index contributed by atoms with van der Waals surface area (Å²) in [6.07, 6.45) is 0. The first-order chi connectivity index (χ1) is 12.5. The number of hydrogen-bond acceptors (Lipinski definition) is 6. The van der Waals surface area contributed by atoms with E-state index >= 15 is 0 Å². The molecule has 2 aromatic carbocycles. The van der Waals surface area contributed by atoms with Gasteiger partial charge in [0.25, 0.3) is 0 Å². The van der Waals surface area contributed by atoms with Gasteiger partial charge >= 0.3 is 5.97 Å². The highest BCUT2D eigenvalue weighted by Crippen LogP contribution is 2.40. The Hall–Kier alpha value is -3.28. The minimum Gasteiger partial charge on any atom is -0.454 e. The van der Waals surface area contributed by atoms with Crippen molar-refractivity contribution in [3.05, 3.63) is 58.4 Å². The Bertz CT molecular complexity index is 982. The molecule has 0 N–H and O–H groups in total. The van der Waals surface area contributed by atoms with Gasteiger partial charge in [0.15, 0.2) is 17.3 Å². The molecule has 2 heterocycles. The lowest BCUT2D eigenvalue weighted by Crippen LogP contribution is -2.09. The molecule has 4 rings (SSSR count). The van der Waals surface area contributed by atoms with Crippen molar-refractivity contribution in [2.75, 3.05) is 6.79 Å². The highest BCUT2D eigenvalue weighted by atomic mass is 16.7. The Balaban J connectivity index is 1.62. The minimum atomic E-state index is -0.530. The summed E-state index contributed by atoms with van der Waals surface area (Å²) in [5, 5.41) is 0. The number of benzene rings is 2. The van der Waals surface area contributed by atoms with Gasteiger partial charge in [0, 0.05) is 5.56 Å². The van der Waals surface area contributed by atoms with E-state index in [9.17, 15) is 9.59 Å². The predicted octanol–water partition coefficient (Wildman–Crippen LogP) is 3.81. The molecular weight excluding hydrogens is 336 g/mol. The third-order valence-corrected chi connectivity index (χ3v) is 4.28. The standard InChI is InChI=1S/C20H16O6/c1-10(2)18-17(21)13-5-7-14(11(3)19(13)26-18)25-20(22)12-4-6-15-16(8-12)24-9-23-15/h4-8H,9H2,1-3H3. The molecular formula is C20H16O6. The van der Waals surface area contributed by atoms with E-state index in [-0.39, 0.29) is 12.6 Å². The van der Waals surface area contributed by atoms with Crippen LogP contribution in [0, 0.1) is 6.92 Å². The lowest BCUT2D eigenvalue weighted by atomic mass is 10.1. The normalized spacial score (nSPS) is 14.1. The predicted molar refractivity (Wildman–Crippen MR) is 92.0 cm³/mol. The number of rotatable bonds is 2. The second-order valence-electron chi connectivity index (χ2n) is 6.28. The van der Waals surface area contributed by atoms with E-state index < -0.39 is 5.97 Å². The van der Waals surface area contributed by atoms with Crippen molar-refractivity contribution in [1.82, 2.24) is 0 Å². The van der Waals surface area contributed by atoms with Crippen molar-refractivity contribution in [3.63, 3.8) is 0 Å². The maximum Gasteiger partial charge on any atom is 0.343 e. The van der Waals surface area contributed by atoms with Crippen LogP contribution in [0.1, 0.15) is 40.1 Å². The molecule has 0 spiro atoms. The van der Waals surface area contributed by atoms with E-state index in [1.54, 1.807) is 37.3 Å². The van der Waals surface area contributed by atoms with Gasteiger partial charge in [-0.15, -0.1) is 0 Å². The van der Waals surface area contributed by atoms with Crippen LogP contribution in [-0.2, 0) is 0 Å². The number of carbonyl (C=O) groups excluding carboxylic acids is 2. The van der Waals surface area contributed by atoms with E-state index in [0.29, 0.717) is 45.4 Å². The maximum atomic E-state index is 12.5. The van der Waals surface area contributed by atoms with E-state index in [1.807, 2.05) is 13.8 Å². The maximum absolute atomic E-state index is 12.5. The number of carbonyl (C=O) groups is 2. The fourth-order valence-electron chi connectivity index (χ4n) is 2.88. The Morgan fingerprint density at radius 1 is 1.08 bits per heavy atom. The molecule has 0 amide bonds. The zero-order valence-corrected chi connectivity index (χ0v) is 14.5. The summed E-state index contributed by atoms with van der Waals surface area (Å²) in [6.45, 7) is 5.52. The van der Waals surface area contributed by atoms with Gasteiger partial charge in [-0.05, 0) is 56.7 Å². The van der Waals surface area contributed by atoms with Crippen molar-refractivity contribution in [2.24, 2.45) is 0 Å². The molecule has 0 unspecified atom stereocenters. The van der Waals surface area contributed by atoms with Crippen LogP contribution in [0.25, 0.3) is 0 Å². The van der Waals surface area contributed by atoms with Gasteiger partial charge in [-0.3, -0.25) is 4.79 Å². The van der Waals surface area contributed by atoms with Crippen molar-refractivity contribution in [2.45, 2.75) is 20.8 Å². The lowest BCUT2D eigenvalue weighted by molar-refractivity contribution is 0.0732. The number of allylic oxidation sites excluding steroid dienone is 2. The lowest BCUT2D eigenvalue weighted by Gasteiger charge is -2.10. The van der Waals surface area contributed by atoms with E-state index in [2.05, 4.69) is 0 Å². The first-order valence-electron chi connectivity index (χ1n) is 8.11. The fourth-order valence-corrected chi connectivity index (χ4v) is 2.88. The van der Waals surface area contributed by atoms with Crippen LogP contribution in [0.4, 0.5) is 0 Å². The van der Waals surface area contributed by atoms with Gasteiger partial charge in [-0.25, -0.2) is 4.79 Å². The van der Waals surface area contributed by atoms with E-state index in [4.69, 9.17) is 18.9 Å². The molecule has 132 valence electrons. The number of Topliss-reactive ketones (excluding diaryl/α,β-unsaturated/α-hetero) is 1. The molecule has 26 heavy (non-hydrogen) atoms. The van der Waals surface area contributed by atoms with Crippen molar-refractivity contribution >= 4 is 11.8 Å². The van der Waals surface area contributed by atoms with Crippen LogP contribution >= 0.6 is 0 Å². The number of hydrogen-bond donors (Lipinski definition) is 0. The first-order valence-corrected chi connectivity index (χ1v) is 8.11. The van der Waals surface area contributed by atoms with Gasteiger partial charge in [-0.1, -0.05) is 0 Å². The second-order valence-corrected chi connectivity index (χ2v) is 6.28. The molecule has 0 saturated carbocycles. The molecule has 2 aromatic rings. The molecule has 6 heteroatoms. The smallest absolute Gasteiger partial charge is 0.343 e. The third-order valence-electron chi connectivity index (χ3n) is 4.28. The Morgan fingerprint density at radius 3 is 2.62 bits per heavy atom. The molecule has 0 aliphatic carbocycles. The summed E-state index contributed by atoms with van der Waals surface area (Å²) >= 11 is 0. The fraction of sp³-hybridized carbons (Fsp3) is 0.200. The van der Waals surface area contributed by atoms with Crippen molar-refractivity contribution < 1.29 is 28.5 Å². The molecule has 0 saturated heterocycles. The average Bonchev–Trinajstić information content (AvgIpc) is 3.21. The van der Waals surface area contributed by atoms with Gasteiger partial charge in [0.05, 0.1) is 11.1 Å².